The number of anilines is 1. The third-order valence-electron chi connectivity index (χ3n) is 4.85. The number of hydrogen-bond acceptors (Lipinski definition) is 5. The van der Waals surface area contributed by atoms with Crippen molar-refractivity contribution in [1.29, 1.82) is 0 Å². The van der Waals surface area contributed by atoms with Crippen molar-refractivity contribution in [1.82, 2.24) is 4.90 Å². The van der Waals surface area contributed by atoms with Crippen LogP contribution >= 0.6 is 23.4 Å². The molecule has 2 heterocycles. The third-order valence-corrected chi connectivity index (χ3v) is 6.01. The Morgan fingerprint density at radius 2 is 1.78 bits per heavy atom. The van der Waals surface area contributed by atoms with E-state index in [1.54, 1.807) is 36.4 Å². The first-order valence-corrected chi connectivity index (χ1v) is 11.1. The molecule has 1 aliphatic rings. The van der Waals surface area contributed by atoms with Gasteiger partial charge < -0.3 is 9.73 Å². The van der Waals surface area contributed by atoms with Gasteiger partial charge in [0.15, 0.2) is 0 Å². The molecule has 8 heteroatoms. The van der Waals surface area contributed by atoms with Gasteiger partial charge in [0.05, 0.1) is 4.91 Å². The smallest absolute Gasteiger partial charge is 0.294 e. The molecule has 3 amide bonds. The van der Waals surface area contributed by atoms with Crippen LogP contribution in [0.5, 0.6) is 0 Å². The molecule has 1 saturated heterocycles. The molecule has 1 N–H and O–H groups in total. The molecular weight excluding hydrogens is 448 g/mol. The summed E-state index contributed by atoms with van der Waals surface area (Å²) in [7, 11) is 0. The van der Waals surface area contributed by atoms with Gasteiger partial charge >= 0.3 is 0 Å². The van der Waals surface area contributed by atoms with Crippen LogP contribution < -0.4 is 5.32 Å². The molecule has 1 aromatic heterocycles. The van der Waals surface area contributed by atoms with Gasteiger partial charge in [0, 0.05) is 22.3 Å². The van der Waals surface area contributed by atoms with Crippen molar-refractivity contribution >= 4 is 52.2 Å². The molecule has 0 bridgehead atoms. The first-order chi connectivity index (χ1) is 15.4. The van der Waals surface area contributed by atoms with Gasteiger partial charge in [0.2, 0.25) is 5.91 Å². The highest BCUT2D eigenvalue weighted by atomic mass is 35.5. The zero-order valence-electron chi connectivity index (χ0n) is 17.1. The summed E-state index contributed by atoms with van der Waals surface area (Å²) in [6.07, 6.45) is 2.40. The predicted octanol–water partition coefficient (Wildman–Crippen LogP) is 5.84. The maximum atomic E-state index is 12.7. The normalized spacial score (nSPS) is 14.9. The molecule has 0 aliphatic carbocycles. The zero-order valence-corrected chi connectivity index (χ0v) is 18.7. The molecule has 1 aliphatic heterocycles. The van der Waals surface area contributed by atoms with Gasteiger partial charge in [0.25, 0.3) is 11.1 Å². The Hall–Kier alpha value is -3.29. The lowest BCUT2D eigenvalue weighted by Gasteiger charge is -2.12. The Morgan fingerprint density at radius 1 is 1.06 bits per heavy atom. The summed E-state index contributed by atoms with van der Waals surface area (Å²) in [6, 6.07) is 18.1. The van der Waals surface area contributed by atoms with E-state index in [1.807, 2.05) is 31.2 Å². The van der Waals surface area contributed by atoms with Gasteiger partial charge in [-0.2, -0.15) is 0 Å². The lowest BCUT2D eigenvalue weighted by atomic mass is 10.1. The van der Waals surface area contributed by atoms with E-state index in [2.05, 4.69) is 5.32 Å². The molecule has 4 rings (SSSR count). The number of hydrogen-bond donors (Lipinski definition) is 1. The molecule has 0 saturated carbocycles. The van der Waals surface area contributed by atoms with E-state index in [9.17, 15) is 14.4 Å². The minimum atomic E-state index is -0.527. The number of rotatable bonds is 6. The number of halogens is 1. The summed E-state index contributed by atoms with van der Waals surface area (Å²) in [6.45, 7) is 1.69. The fraction of sp³-hybridized carbons (Fsp3) is 0.125. The first-order valence-electron chi connectivity index (χ1n) is 9.93. The lowest BCUT2D eigenvalue weighted by molar-refractivity contribution is -0.127. The van der Waals surface area contributed by atoms with Crippen LogP contribution in [0.25, 0.3) is 17.4 Å². The minimum absolute atomic E-state index is 0.201. The number of imide groups is 1. The number of carbonyl (C=O) groups is 3. The fourth-order valence-corrected chi connectivity index (χ4v) is 4.08. The highest BCUT2D eigenvalue weighted by molar-refractivity contribution is 8.18. The number of furan rings is 1. The number of benzene rings is 2. The Balaban J connectivity index is 1.42. The van der Waals surface area contributed by atoms with Gasteiger partial charge in [-0.05, 0) is 72.3 Å². The Labute approximate surface area is 194 Å². The Bertz CT molecular complexity index is 1200. The van der Waals surface area contributed by atoms with Crippen LogP contribution in [0.2, 0.25) is 5.02 Å². The summed E-state index contributed by atoms with van der Waals surface area (Å²) in [5, 5.41) is 2.83. The molecule has 3 aromatic rings. The summed E-state index contributed by atoms with van der Waals surface area (Å²) < 4.78 is 5.78. The second kappa shape index (κ2) is 9.46. The van der Waals surface area contributed by atoms with E-state index in [4.69, 9.17) is 16.0 Å². The lowest BCUT2D eigenvalue weighted by Crippen LogP contribution is -2.36. The number of carbonyl (C=O) groups excluding carboxylic acids is 3. The standard InChI is InChI=1S/C24H19ClN2O4S/c1-2-15-3-9-18(10-4-15)26-22(28)14-27-23(29)21(32-24(27)30)13-19-11-12-20(31-19)16-5-7-17(25)8-6-16/h3-13H,2,14H2,1H3,(H,26,28)/b21-13+. The average molecular weight is 467 g/mol. The maximum absolute atomic E-state index is 12.7. The van der Waals surface area contributed by atoms with Crippen molar-refractivity contribution in [3.63, 3.8) is 0 Å². The van der Waals surface area contributed by atoms with E-state index in [1.165, 1.54) is 6.08 Å². The number of aryl methyl sites for hydroxylation is 1. The van der Waals surface area contributed by atoms with Crippen molar-refractivity contribution in [2.75, 3.05) is 11.9 Å². The average Bonchev–Trinajstić information content (AvgIpc) is 3.35. The summed E-state index contributed by atoms with van der Waals surface area (Å²) in [5.74, 6) is 0.0725. The highest BCUT2D eigenvalue weighted by Gasteiger charge is 2.36. The van der Waals surface area contributed by atoms with Gasteiger partial charge in [-0.3, -0.25) is 19.3 Å². The summed E-state index contributed by atoms with van der Waals surface area (Å²) >= 11 is 6.69. The largest absolute Gasteiger partial charge is 0.457 e. The fourth-order valence-electron chi connectivity index (χ4n) is 3.13. The van der Waals surface area contributed by atoms with Crippen LogP contribution in [0.3, 0.4) is 0 Å². The van der Waals surface area contributed by atoms with Crippen molar-refractivity contribution in [2.45, 2.75) is 13.3 Å². The second-order valence-electron chi connectivity index (χ2n) is 7.08. The van der Waals surface area contributed by atoms with Crippen LogP contribution in [0.4, 0.5) is 10.5 Å². The number of nitrogens with one attached hydrogen (secondary N) is 1. The number of amides is 3. The quantitative estimate of drug-likeness (QED) is 0.462. The van der Waals surface area contributed by atoms with E-state index < -0.39 is 17.1 Å². The summed E-state index contributed by atoms with van der Waals surface area (Å²) in [4.78, 5) is 38.5. The van der Waals surface area contributed by atoms with Gasteiger partial charge in [-0.1, -0.05) is 30.7 Å². The van der Waals surface area contributed by atoms with Crippen LogP contribution in [0.1, 0.15) is 18.2 Å². The van der Waals surface area contributed by atoms with Gasteiger partial charge in [-0.15, -0.1) is 0 Å². The van der Waals surface area contributed by atoms with Crippen molar-refractivity contribution < 1.29 is 18.8 Å². The highest BCUT2D eigenvalue weighted by Crippen LogP contribution is 2.33. The van der Waals surface area contributed by atoms with E-state index in [0.29, 0.717) is 22.2 Å². The molecule has 0 radical (unpaired) electrons. The maximum Gasteiger partial charge on any atom is 0.294 e. The number of thioether (sulfide) groups is 1. The number of nitrogens with zero attached hydrogens (tertiary/aromatic N) is 1. The SMILES string of the molecule is CCc1ccc(NC(=O)CN2C(=O)S/C(=C/c3ccc(-c4ccc(Cl)cc4)o3)C2=O)cc1. The third kappa shape index (κ3) is 4.95. The molecular formula is C24H19ClN2O4S. The van der Waals surface area contributed by atoms with Gasteiger partial charge in [0.1, 0.15) is 18.1 Å². The van der Waals surface area contributed by atoms with E-state index >= 15 is 0 Å². The molecule has 6 nitrogen and oxygen atoms in total. The zero-order chi connectivity index (χ0) is 22.7. The van der Waals surface area contributed by atoms with Crippen molar-refractivity contribution in [3.05, 3.63) is 81.9 Å². The van der Waals surface area contributed by atoms with E-state index in [-0.39, 0.29) is 11.4 Å². The van der Waals surface area contributed by atoms with Crippen LogP contribution in [0.15, 0.2) is 70.0 Å². The first kappa shape index (κ1) is 21.9. The minimum Gasteiger partial charge on any atom is -0.457 e. The molecule has 0 atom stereocenters. The van der Waals surface area contributed by atoms with E-state index in [0.717, 1.165) is 34.2 Å². The Kier molecular flexibility index (Phi) is 6.48. The predicted molar refractivity (Wildman–Crippen MR) is 126 cm³/mol. The topological polar surface area (TPSA) is 79.6 Å². The molecule has 2 aromatic carbocycles. The van der Waals surface area contributed by atoms with Crippen molar-refractivity contribution in [2.24, 2.45) is 0 Å². The van der Waals surface area contributed by atoms with Crippen LogP contribution in [-0.2, 0) is 16.0 Å². The second-order valence-corrected chi connectivity index (χ2v) is 8.51. The molecule has 32 heavy (non-hydrogen) atoms. The Morgan fingerprint density at radius 3 is 2.47 bits per heavy atom. The monoisotopic (exact) mass is 466 g/mol. The van der Waals surface area contributed by atoms with Crippen LogP contribution in [-0.4, -0.2) is 28.5 Å². The summed E-state index contributed by atoms with van der Waals surface area (Å²) in [5.41, 5.74) is 2.60. The van der Waals surface area contributed by atoms with Gasteiger partial charge in [-0.25, -0.2) is 0 Å². The molecule has 162 valence electrons. The van der Waals surface area contributed by atoms with Crippen LogP contribution in [0, 0.1) is 0 Å². The molecule has 0 spiro atoms. The van der Waals surface area contributed by atoms with Crippen molar-refractivity contribution in [3.8, 4) is 11.3 Å². The molecule has 1 fully saturated rings. The molecule has 0 unspecified atom stereocenters.